The van der Waals surface area contributed by atoms with E-state index < -0.39 is 0 Å². The molecule has 0 saturated heterocycles. The summed E-state index contributed by atoms with van der Waals surface area (Å²) in [5.41, 5.74) is 6.85. The van der Waals surface area contributed by atoms with Gasteiger partial charge in [-0.25, -0.2) is 9.82 Å². The maximum Gasteiger partial charge on any atom is 0.123 e. The third-order valence-corrected chi connectivity index (χ3v) is 4.11. The molecule has 2 nitrogen and oxygen atoms in total. The van der Waals surface area contributed by atoms with E-state index in [0.29, 0.717) is 0 Å². The van der Waals surface area contributed by atoms with Crippen molar-refractivity contribution in [2.75, 3.05) is 0 Å². The highest BCUT2D eigenvalue weighted by Gasteiger charge is 2.15. The Morgan fingerprint density at radius 1 is 1.11 bits per heavy atom. The van der Waals surface area contributed by atoms with Crippen LogP contribution in [0.1, 0.15) is 28.3 Å². The molecule has 2 aromatic rings. The van der Waals surface area contributed by atoms with Gasteiger partial charge in [-0.3, -0.25) is 5.84 Å². The number of nitrogens with two attached hydrogens (primary N) is 1. The van der Waals surface area contributed by atoms with Crippen LogP contribution in [-0.4, -0.2) is 0 Å². The first kappa shape index (κ1) is 14.2. The van der Waals surface area contributed by atoms with E-state index in [2.05, 4.69) is 27.4 Å². The third kappa shape index (κ3) is 3.03. The summed E-state index contributed by atoms with van der Waals surface area (Å²) in [6, 6.07) is 10.7. The van der Waals surface area contributed by atoms with Gasteiger partial charge in [-0.05, 0) is 54.3 Å². The average Bonchev–Trinajstić information content (AvgIpc) is 2.37. The van der Waals surface area contributed by atoms with Crippen molar-refractivity contribution in [2.45, 2.75) is 19.9 Å². The highest BCUT2D eigenvalue weighted by atomic mass is 79.9. The van der Waals surface area contributed by atoms with E-state index in [1.165, 1.54) is 12.1 Å². The third-order valence-electron chi connectivity index (χ3n) is 3.22. The highest BCUT2D eigenvalue weighted by molar-refractivity contribution is 9.10. The zero-order valence-corrected chi connectivity index (χ0v) is 12.5. The predicted octanol–water partition coefficient (Wildman–Crippen LogP) is 3.76. The maximum absolute atomic E-state index is 13.2. The molecule has 0 aromatic heterocycles. The highest BCUT2D eigenvalue weighted by Crippen LogP contribution is 2.27. The summed E-state index contributed by atoms with van der Waals surface area (Å²) < 4.78 is 14.2. The van der Waals surface area contributed by atoms with Crippen molar-refractivity contribution in [3.63, 3.8) is 0 Å². The summed E-state index contributed by atoms with van der Waals surface area (Å²) in [6.45, 7) is 3.91. The Morgan fingerprint density at radius 3 is 2.42 bits per heavy atom. The molecule has 100 valence electrons. The minimum absolute atomic E-state index is 0.146. The van der Waals surface area contributed by atoms with Gasteiger partial charge in [-0.15, -0.1) is 0 Å². The predicted molar refractivity (Wildman–Crippen MR) is 79.2 cm³/mol. The van der Waals surface area contributed by atoms with Gasteiger partial charge in [0.25, 0.3) is 0 Å². The lowest BCUT2D eigenvalue weighted by molar-refractivity contribution is 0.612. The summed E-state index contributed by atoms with van der Waals surface area (Å²) in [4.78, 5) is 0. The Balaban J connectivity index is 2.46. The molecule has 0 fully saturated rings. The average molecular weight is 323 g/mol. The number of aryl methyl sites for hydroxylation is 2. The van der Waals surface area contributed by atoms with Crippen LogP contribution in [0.2, 0.25) is 0 Å². The van der Waals surface area contributed by atoms with Crippen LogP contribution in [0.5, 0.6) is 0 Å². The van der Waals surface area contributed by atoms with Crippen molar-refractivity contribution in [3.05, 3.63) is 68.9 Å². The first-order valence-electron chi connectivity index (χ1n) is 6.01. The Bertz CT molecular complexity index is 599. The largest absolute Gasteiger partial charge is 0.271 e. The van der Waals surface area contributed by atoms with Crippen LogP contribution in [0.25, 0.3) is 0 Å². The molecule has 0 radical (unpaired) electrons. The van der Waals surface area contributed by atoms with Crippen molar-refractivity contribution in [1.82, 2.24) is 5.43 Å². The van der Waals surface area contributed by atoms with Crippen molar-refractivity contribution in [3.8, 4) is 0 Å². The van der Waals surface area contributed by atoms with E-state index in [4.69, 9.17) is 5.84 Å². The number of hydrogen-bond donors (Lipinski definition) is 2. The summed E-state index contributed by atoms with van der Waals surface area (Å²) in [7, 11) is 0. The lowest BCUT2D eigenvalue weighted by atomic mass is 9.94. The topological polar surface area (TPSA) is 38.0 Å². The van der Waals surface area contributed by atoms with Crippen LogP contribution < -0.4 is 11.3 Å². The molecular formula is C15H16BrFN2. The molecule has 1 atom stereocenters. The molecular weight excluding hydrogens is 307 g/mol. The molecule has 1 unspecified atom stereocenters. The van der Waals surface area contributed by atoms with Gasteiger partial charge in [0.1, 0.15) is 5.82 Å². The molecule has 0 heterocycles. The Labute approximate surface area is 120 Å². The van der Waals surface area contributed by atoms with Crippen molar-refractivity contribution in [2.24, 2.45) is 5.84 Å². The molecule has 0 bridgehead atoms. The Kier molecular flexibility index (Phi) is 4.34. The van der Waals surface area contributed by atoms with Crippen LogP contribution in [0.3, 0.4) is 0 Å². The van der Waals surface area contributed by atoms with E-state index >= 15 is 0 Å². The maximum atomic E-state index is 13.2. The molecule has 0 aliphatic carbocycles. The van der Waals surface area contributed by atoms with Crippen molar-refractivity contribution in [1.29, 1.82) is 0 Å². The van der Waals surface area contributed by atoms with Gasteiger partial charge < -0.3 is 0 Å². The zero-order valence-electron chi connectivity index (χ0n) is 10.9. The second-order valence-corrected chi connectivity index (χ2v) is 5.46. The Morgan fingerprint density at radius 2 is 1.84 bits per heavy atom. The van der Waals surface area contributed by atoms with Gasteiger partial charge in [0.2, 0.25) is 0 Å². The zero-order chi connectivity index (χ0) is 14.0. The van der Waals surface area contributed by atoms with E-state index in [-0.39, 0.29) is 11.9 Å². The lowest BCUT2D eigenvalue weighted by Crippen LogP contribution is -2.29. The van der Waals surface area contributed by atoms with Crippen molar-refractivity contribution >= 4 is 15.9 Å². The smallest absolute Gasteiger partial charge is 0.123 e. The summed E-state index contributed by atoms with van der Waals surface area (Å²) >= 11 is 3.48. The lowest BCUT2D eigenvalue weighted by Gasteiger charge is -2.20. The molecule has 2 aromatic carbocycles. The molecule has 19 heavy (non-hydrogen) atoms. The molecule has 3 N–H and O–H groups in total. The van der Waals surface area contributed by atoms with E-state index in [9.17, 15) is 4.39 Å². The normalized spacial score (nSPS) is 12.5. The van der Waals surface area contributed by atoms with E-state index in [1.54, 1.807) is 6.07 Å². The minimum atomic E-state index is -0.232. The van der Waals surface area contributed by atoms with Crippen LogP contribution in [0, 0.1) is 19.7 Å². The number of hydrazine groups is 1. The number of hydrogen-bond acceptors (Lipinski definition) is 2. The molecule has 0 aliphatic rings. The number of rotatable bonds is 3. The quantitative estimate of drug-likeness (QED) is 0.667. The SMILES string of the molecule is Cc1cc(C(NN)c2ccc(F)cc2C)ccc1Br. The number of halogens is 2. The first-order valence-corrected chi connectivity index (χ1v) is 6.80. The fourth-order valence-corrected chi connectivity index (χ4v) is 2.42. The minimum Gasteiger partial charge on any atom is -0.271 e. The fourth-order valence-electron chi connectivity index (χ4n) is 2.18. The number of benzene rings is 2. The van der Waals surface area contributed by atoms with Gasteiger partial charge in [-0.1, -0.05) is 34.1 Å². The van der Waals surface area contributed by atoms with Gasteiger partial charge in [-0.2, -0.15) is 0 Å². The molecule has 0 aliphatic heterocycles. The standard InChI is InChI=1S/C15H16BrFN2/c1-9-8-12(17)4-5-13(9)15(19-18)11-3-6-14(16)10(2)7-11/h3-8,15,19H,18H2,1-2H3. The molecule has 0 amide bonds. The van der Waals surface area contributed by atoms with Gasteiger partial charge >= 0.3 is 0 Å². The monoisotopic (exact) mass is 322 g/mol. The van der Waals surface area contributed by atoms with E-state index in [1.807, 2.05) is 26.0 Å². The summed E-state index contributed by atoms with van der Waals surface area (Å²) in [6.07, 6.45) is 0. The fraction of sp³-hybridized carbons (Fsp3) is 0.200. The molecule has 2 rings (SSSR count). The summed E-state index contributed by atoms with van der Waals surface area (Å²) in [5.74, 6) is 5.44. The van der Waals surface area contributed by atoms with E-state index in [0.717, 1.165) is 26.7 Å². The first-order chi connectivity index (χ1) is 9.02. The van der Waals surface area contributed by atoms with Crippen LogP contribution in [0.4, 0.5) is 4.39 Å². The number of nitrogens with one attached hydrogen (secondary N) is 1. The molecule has 0 saturated carbocycles. The van der Waals surface area contributed by atoms with Crippen LogP contribution in [-0.2, 0) is 0 Å². The van der Waals surface area contributed by atoms with Crippen LogP contribution in [0.15, 0.2) is 40.9 Å². The van der Waals surface area contributed by atoms with Gasteiger partial charge in [0, 0.05) is 4.47 Å². The summed E-state index contributed by atoms with van der Waals surface area (Å²) in [5, 5.41) is 0. The molecule has 0 spiro atoms. The van der Waals surface area contributed by atoms with Gasteiger partial charge in [0.05, 0.1) is 6.04 Å². The van der Waals surface area contributed by atoms with Crippen LogP contribution >= 0.6 is 15.9 Å². The Hall–Kier alpha value is -1.23. The second-order valence-electron chi connectivity index (χ2n) is 4.61. The molecule has 4 heteroatoms. The second kappa shape index (κ2) is 5.82. The van der Waals surface area contributed by atoms with Gasteiger partial charge in [0.15, 0.2) is 0 Å². The van der Waals surface area contributed by atoms with Crippen molar-refractivity contribution < 1.29 is 4.39 Å².